The summed E-state index contributed by atoms with van der Waals surface area (Å²) in [6, 6.07) is 19.4. The van der Waals surface area contributed by atoms with Crippen molar-refractivity contribution in [2.24, 2.45) is 5.73 Å². The highest BCUT2D eigenvalue weighted by atomic mass is 32.2. The first-order valence-electron chi connectivity index (χ1n) is 13.6. The van der Waals surface area contributed by atoms with Crippen molar-refractivity contribution in [3.05, 3.63) is 89.5 Å². The zero-order valence-electron chi connectivity index (χ0n) is 23.0. The maximum Gasteiger partial charge on any atom is 0.338 e. The van der Waals surface area contributed by atoms with E-state index < -0.39 is 22.0 Å². The molecule has 0 bridgehead atoms. The van der Waals surface area contributed by atoms with Crippen molar-refractivity contribution in [1.29, 1.82) is 5.41 Å². The summed E-state index contributed by atoms with van der Waals surface area (Å²) in [4.78, 5) is 12.0. The summed E-state index contributed by atoms with van der Waals surface area (Å²) in [6.45, 7) is 3.82. The van der Waals surface area contributed by atoms with Crippen LogP contribution in [0.5, 0.6) is 11.5 Å². The van der Waals surface area contributed by atoms with Crippen molar-refractivity contribution in [3.63, 3.8) is 0 Å². The molecule has 0 aromatic heterocycles. The first kappa shape index (κ1) is 30.0. The van der Waals surface area contributed by atoms with Gasteiger partial charge in [-0.05, 0) is 93.4 Å². The van der Waals surface area contributed by atoms with Crippen LogP contribution in [0.4, 0.5) is 0 Å². The molecule has 1 atom stereocenters. The number of nitrogen functional groups attached to an aromatic ring is 1. The number of ether oxygens (including phenoxy) is 3. The normalized spacial score (nSPS) is 14.7. The van der Waals surface area contributed by atoms with Crippen LogP contribution in [0.3, 0.4) is 0 Å². The second-order valence-corrected chi connectivity index (χ2v) is 11.4. The molecule has 1 fully saturated rings. The van der Waals surface area contributed by atoms with Gasteiger partial charge < -0.3 is 25.3 Å². The SMILES string of the molecule is CCOC(=O)c1ccc(S(=O)(=O)N[C@H](COc2cccc(C(=N)N)c2)Cc2ccc(OC3CCNCC3)cc2)cc1. The average Bonchev–Trinajstić information content (AvgIpc) is 2.97. The predicted molar refractivity (Wildman–Crippen MR) is 156 cm³/mol. The molecule has 5 N–H and O–H groups in total. The van der Waals surface area contributed by atoms with Crippen LogP contribution in [-0.2, 0) is 21.2 Å². The molecule has 4 rings (SSSR count). The molecule has 218 valence electrons. The molecule has 41 heavy (non-hydrogen) atoms. The van der Waals surface area contributed by atoms with E-state index >= 15 is 0 Å². The molecular formula is C30H36N4O6S. The molecule has 0 saturated carbocycles. The number of hydrogen-bond acceptors (Lipinski definition) is 8. The third-order valence-corrected chi connectivity index (χ3v) is 8.12. The second kappa shape index (κ2) is 14.1. The van der Waals surface area contributed by atoms with Crippen LogP contribution in [0.15, 0.2) is 77.7 Å². The van der Waals surface area contributed by atoms with Crippen LogP contribution in [0.1, 0.15) is 41.3 Å². The fourth-order valence-electron chi connectivity index (χ4n) is 4.45. The number of carbonyl (C=O) groups is 1. The monoisotopic (exact) mass is 580 g/mol. The minimum atomic E-state index is -3.95. The number of hydrogen-bond donors (Lipinski definition) is 4. The number of carbonyl (C=O) groups excluding carboxylic acids is 1. The Balaban J connectivity index is 1.49. The topological polar surface area (TPSA) is 153 Å². The van der Waals surface area contributed by atoms with Crippen LogP contribution in [0.25, 0.3) is 0 Å². The number of rotatable bonds is 13. The minimum absolute atomic E-state index is 0.0137. The molecule has 1 aliphatic rings. The summed E-state index contributed by atoms with van der Waals surface area (Å²) in [6.07, 6.45) is 2.43. The Labute approximate surface area is 240 Å². The molecule has 1 heterocycles. The van der Waals surface area contributed by atoms with E-state index in [0.717, 1.165) is 37.2 Å². The first-order valence-corrected chi connectivity index (χ1v) is 15.0. The fourth-order valence-corrected chi connectivity index (χ4v) is 5.67. The van der Waals surface area contributed by atoms with Crippen molar-refractivity contribution in [1.82, 2.24) is 10.0 Å². The predicted octanol–water partition coefficient (Wildman–Crippen LogP) is 3.25. The Hall–Kier alpha value is -3.93. The quantitative estimate of drug-likeness (QED) is 0.137. The van der Waals surface area contributed by atoms with Gasteiger partial charge in [0.1, 0.15) is 30.0 Å². The summed E-state index contributed by atoms with van der Waals surface area (Å²) in [5.74, 6) is 0.630. The number of amidine groups is 1. The van der Waals surface area contributed by atoms with Gasteiger partial charge >= 0.3 is 5.97 Å². The molecule has 1 saturated heterocycles. The van der Waals surface area contributed by atoms with Crippen molar-refractivity contribution >= 4 is 21.8 Å². The zero-order valence-corrected chi connectivity index (χ0v) is 23.8. The van der Waals surface area contributed by atoms with Crippen LogP contribution in [0, 0.1) is 5.41 Å². The van der Waals surface area contributed by atoms with Gasteiger partial charge in [0.05, 0.1) is 23.1 Å². The molecule has 3 aromatic rings. The van der Waals surface area contributed by atoms with Crippen molar-refractivity contribution in [3.8, 4) is 11.5 Å². The largest absolute Gasteiger partial charge is 0.492 e. The second-order valence-electron chi connectivity index (χ2n) is 9.73. The lowest BCUT2D eigenvalue weighted by Crippen LogP contribution is -2.40. The maximum atomic E-state index is 13.3. The van der Waals surface area contributed by atoms with Crippen LogP contribution < -0.4 is 25.2 Å². The van der Waals surface area contributed by atoms with Gasteiger partial charge in [0.25, 0.3) is 0 Å². The lowest BCUT2D eigenvalue weighted by molar-refractivity contribution is 0.0526. The number of esters is 1. The van der Waals surface area contributed by atoms with Gasteiger partial charge in [-0.25, -0.2) is 17.9 Å². The molecule has 10 nitrogen and oxygen atoms in total. The molecule has 0 aliphatic carbocycles. The number of nitrogens with one attached hydrogen (secondary N) is 3. The van der Waals surface area contributed by atoms with Crippen molar-refractivity contribution in [2.45, 2.75) is 43.2 Å². The number of benzene rings is 3. The number of piperidine rings is 1. The van der Waals surface area contributed by atoms with Gasteiger partial charge in [0, 0.05) is 5.56 Å². The lowest BCUT2D eigenvalue weighted by Gasteiger charge is -2.24. The highest BCUT2D eigenvalue weighted by Gasteiger charge is 2.22. The summed E-state index contributed by atoms with van der Waals surface area (Å²) < 4.78 is 46.4. The standard InChI is InChI=1S/C30H36N4O6S/c1-2-38-30(35)22-8-12-28(13-9-22)41(36,37)34-24(20-39-27-5-3-4-23(19-27)29(31)32)18-21-6-10-25(11-7-21)40-26-14-16-33-17-15-26/h3-13,19,24,26,33-34H,2,14-18,20H2,1H3,(H3,31,32)/t24-/m0/s1. The Morgan fingerprint density at radius 3 is 2.39 bits per heavy atom. The van der Waals surface area contributed by atoms with Gasteiger partial charge in [-0.1, -0.05) is 24.3 Å². The van der Waals surface area contributed by atoms with Gasteiger partial charge in [-0.3, -0.25) is 5.41 Å². The zero-order chi connectivity index (χ0) is 29.2. The molecule has 1 aliphatic heterocycles. The molecule has 11 heteroatoms. The van der Waals surface area contributed by atoms with E-state index in [9.17, 15) is 13.2 Å². The lowest BCUT2D eigenvalue weighted by atomic mass is 10.1. The van der Waals surface area contributed by atoms with E-state index in [4.69, 9.17) is 25.4 Å². The van der Waals surface area contributed by atoms with Crippen LogP contribution in [0.2, 0.25) is 0 Å². The van der Waals surface area contributed by atoms with E-state index in [1.54, 1.807) is 31.2 Å². The Morgan fingerprint density at radius 2 is 1.73 bits per heavy atom. The number of sulfonamides is 1. The Bertz CT molecular complexity index is 1420. The molecule has 0 unspecified atom stereocenters. The van der Waals surface area contributed by atoms with Crippen molar-refractivity contribution < 1.29 is 27.4 Å². The molecule has 0 radical (unpaired) electrons. The third kappa shape index (κ3) is 8.78. The van der Waals surface area contributed by atoms with Gasteiger partial charge in [-0.15, -0.1) is 0 Å². The molecule has 0 spiro atoms. The molecule has 0 amide bonds. The molecule has 3 aromatic carbocycles. The summed E-state index contributed by atoms with van der Waals surface area (Å²) in [5, 5.41) is 11.0. The summed E-state index contributed by atoms with van der Waals surface area (Å²) in [5.41, 5.74) is 7.27. The Kier molecular flexibility index (Phi) is 10.3. The highest BCUT2D eigenvalue weighted by molar-refractivity contribution is 7.89. The summed E-state index contributed by atoms with van der Waals surface area (Å²) in [7, 11) is -3.95. The van der Waals surface area contributed by atoms with Gasteiger partial charge in [-0.2, -0.15) is 0 Å². The number of nitrogens with two attached hydrogens (primary N) is 1. The van der Waals surface area contributed by atoms with Gasteiger partial charge in [0.15, 0.2) is 0 Å². The van der Waals surface area contributed by atoms with Crippen LogP contribution in [-0.4, -0.2) is 58.7 Å². The maximum absolute atomic E-state index is 13.3. The molecular weight excluding hydrogens is 544 g/mol. The van der Waals surface area contributed by atoms with Crippen molar-refractivity contribution in [2.75, 3.05) is 26.3 Å². The van der Waals surface area contributed by atoms with Gasteiger partial charge in [0.2, 0.25) is 10.0 Å². The smallest absolute Gasteiger partial charge is 0.338 e. The minimum Gasteiger partial charge on any atom is -0.492 e. The van der Waals surface area contributed by atoms with E-state index in [2.05, 4.69) is 10.0 Å². The van der Waals surface area contributed by atoms with E-state index in [1.807, 2.05) is 24.3 Å². The average molecular weight is 581 g/mol. The van der Waals surface area contributed by atoms with Crippen LogP contribution >= 0.6 is 0 Å². The van der Waals surface area contributed by atoms with E-state index in [-0.39, 0.29) is 35.6 Å². The van der Waals surface area contributed by atoms with E-state index in [0.29, 0.717) is 17.7 Å². The third-order valence-electron chi connectivity index (χ3n) is 6.59. The van der Waals surface area contributed by atoms with E-state index in [1.165, 1.54) is 24.3 Å². The highest BCUT2D eigenvalue weighted by Crippen LogP contribution is 2.20. The fraction of sp³-hybridized carbons (Fsp3) is 0.333. The Morgan fingerprint density at radius 1 is 1.02 bits per heavy atom. The first-order chi connectivity index (χ1) is 19.7. The summed E-state index contributed by atoms with van der Waals surface area (Å²) >= 11 is 0.